The van der Waals surface area contributed by atoms with Crippen molar-refractivity contribution in [3.8, 4) is 5.88 Å². The predicted molar refractivity (Wildman–Crippen MR) is 61.2 cm³/mol. The van der Waals surface area contributed by atoms with Gasteiger partial charge in [0.1, 0.15) is 0 Å². The Hall–Kier alpha value is -0.680. The topological polar surface area (TPSA) is 38.2 Å². The van der Waals surface area contributed by atoms with E-state index in [1.165, 1.54) is 6.42 Å². The number of likely N-dealkylation sites (tertiary alicyclic amines) is 1. The van der Waals surface area contributed by atoms with Gasteiger partial charge in [-0.2, -0.15) is 5.10 Å². The van der Waals surface area contributed by atoms with Gasteiger partial charge in [-0.3, -0.25) is 4.90 Å². The lowest BCUT2D eigenvalue weighted by Gasteiger charge is -2.13. The van der Waals surface area contributed by atoms with Crippen LogP contribution in [0.25, 0.3) is 0 Å². The van der Waals surface area contributed by atoms with E-state index in [1.54, 1.807) is 7.11 Å². The van der Waals surface area contributed by atoms with Gasteiger partial charge in [-0.25, -0.2) is 0 Å². The summed E-state index contributed by atoms with van der Waals surface area (Å²) in [6, 6.07) is 3.82. The molecule has 15 heavy (non-hydrogen) atoms. The van der Waals surface area contributed by atoms with Crippen LogP contribution < -0.4 is 4.74 Å². The molecule has 1 aliphatic heterocycles. The van der Waals surface area contributed by atoms with Crippen molar-refractivity contribution in [3.63, 3.8) is 0 Å². The van der Waals surface area contributed by atoms with Gasteiger partial charge in [-0.1, -0.05) is 15.9 Å². The number of nitrogens with zero attached hydrogens (tertiary/aromatic N) is 3. The van der Waals surface area contributed by atoms with Crippen molar-refractivity contribution in [1.29, 1.82) is 0 Å². The molecule has 0 saturated carbocycles. The molecule has 1 atom stereocenters. The van der Waals surface area contributed by atoms with Crippen LogP contribution >= 0.6 is 15.9 Å². The quantitative estimate of drug-likeness (QED) is 0.781. The standard InChI is InChI=1S/C10H14BrN3O/c1-15-10-3-2-9(12-13-10)7-14-5-4-8(11)6-14/h2-3,8H,4-7H2,1H3. The van der Waals surface area contributed by atoms with Crippen molar-refractivity contribution in [2.24, 2.45) is 0 Å². The lowest BCUT2D eigenvalue weighted by Crippen LogP contribution is -2.20. The second-order valence-electron chi connectivity index (χ2n) is 3.69. The van der Waals surface area contributed by atoms with Crippen molar-refractivity contribution in [3.05, 3.63) is 17.8 Å². The zero-order valence-corrected chi connectivity index (χ0v) is 10.3. The third kappa shape index (κ3) is 2.89. The molecule has 1 saturated heterocycles. The highest BCUT2D eigenvalue weighted by Crippen LogP contribution is 2.18. The second kappa shape index (κ2) is 4.90. The molecule has 5 heteroatoms. The summed E-state index contributed by atoms with van der Waals surface area (Å²) < 4.78 is 4.96. The highest BCUT2D eigenvalue weighted by molar-refractivity contribution is 9.09. The minimum Gasteiger partial charge on any atom is -0.480 e. The molecule has 0 spiro atoms. The molecule has 4 nitrogen and oxygen atoms in total. The van der Waals surface area contributed by atoms with Gasteiger partial charge in [0.05, 0.1) is 12.8 Å². The fourth-order valence-corrected chi connectivity index (χ4v) is 2.31. The van der Waals surface area contributed by atoms with Crippen LogP contribution in [0.5, 0.6) is 5.88 Å². The normalized spacial score (nSPS) is 21.9. The molecular formula is C10H14BrN3O. The van der Waals surface area contributed by atoms with Crippen LogP contribution in [0.1, 0.15) is 12.1 Å². The second-order valence-corrected chi connectivity index (χ2v) is 4.98. The van der Waals surface area contributed by atoms with Gasteiger partial charge in [0.15, 0.2) is 0 Å². The first-order valence-electron chi connectivity index (χ1n) is 5.01. The molecule has 82 valence electrons. The zero-order chi connectivity index (χ0) is 10.7. The van der Waals surface area contributed by atoms with Crippen LogP contribution in [0.15, 0.2) is 12.1 Å². The average molecular weight is 272 g/mol. The van der Waals surface area contributed by atoms with Gasteiger partial charge in [-0.15, -0.1) is 5.10 Å². The summed E-state index contributed by atoms with van der Waals surface area (Å²) in [7, 11) is 1.60. The maximum Gasteiger partial charge on any atom is 0.233 e. The first kappa shape index (κ1) is 10.8. The summed E-state index contributed by atoms with van der Waals surface area (Å²) >= 11 is 3.62. The fraction of sp³-hybridized carbons (Fsp3) is 0.600. The molecule has 0 amide bonds. The molecule has 0 bridgehead atoms. The van der Waals surface area contributed by atoms with E-state index in [0.29, 0.717) is 10.7 Å². The summed E-state index contributed by atoms with van der Waals surface area (Å²) in [6.45, 7) is 3.09. The van der Waals surface area contributed by atoms with E-state index >= 15 is 0 Å². The maximum atomic E-state index is 4.96. The number of hydrogen-bond donors (Lipinski definition) is 0. The van der Waals surface area contributed by atoms with E-state index in [2.05, 4.69) is 31.0 Å². The summed E-state index contributed by atoms with van der Waals surface area (Å²) in [4.78, 5) is 3.00. The summed E-state index contributed by atoms with van der Waals surface area (Å²) in [5.74, 6) is 0.568. The van der Waals surface area contributed by atoms with Crippen LogP contribution in [0.3, 0.4) is 0 Å². The number of hydrogen-bond acceptors (Lipinski definition) is 4. The zero-order valence-electron chi connectivity index (χ0n) is 8.69. The molecule has 1 aromatic heterocycles. The van der Waals surface area contributed by atoms with E-state index in [9.17, 15) is 0 Å². The van der Waals surface area contributed by atoms with E-state index in [0.717, 1.165) is 25.3 Å². The van der Waals surface area contributed by atoms with Gasteiger partial charge in [0, 0.05) is 24.0 Å². The molecule has 0 aliphatic carbocycles. The Bertz CT molecular complexity index is 317. The molecule has 0 N–H and O–H groups in total. The van der Waals surface area contributed by atoms with Crippen molar-refractivity contribution >= 4 is 15.9 Å². The monoisotopic (exact) mass is 271 g/mol. The van der Waals surface area contributed by atoms with Gasteiger partial charge in [-0.05, 0) is 19.0 Å². The van der Waals surface area contributed by atoms with Crippen LogP contribution in [0.4, 0.5) is 0 Å². The fourth-order valence-electron chi connectivity index (χ4n) is 1.70. The molecule has 0 radical (unpaired) electrons. The smallest absolute Gasteiger partial charge is 0.233 e. The lowest BCUT2D eigenvalue weighted by atomic mass is 10.3. The Labute approximate surface area is 97.8 Å². The van der Waals surface area contributed by atoms with Gasteiger partial charge in [0.25, 0.3) is 0 Å². The van der Waals surface area contributed by atoms with Crippen LogP contribution in [-0.2, 0) is 6.54 Å². The van der Waals surface area contributed by atoms with Crippen molar-refractivity contribution in [2.45, 2.75) is 17.8 Å². The number of ether oxygens (including phenoxy) is 1. The predicted octanol–water partition coefficient (Wildman–Crippen LogP) is 1.45. The molecule has 1 unspecified atom stereocenters. The Balaban J connectivity index is 1.93. The first-order chi connectivity index (χ1) is 7.28. The van der Waals surface area contributed by atoms with E-state index in [-0.39, 0.29) is 0 Å². The highest BCUT2D eigenvalue weighted by atomic mass is 79.9. The highest BCUT2D eigenvalue weighted by Gasteiger charge is 2.20. The van der Waals surface area contributed by atoms with E-state index in [1.807, 2.05) is 12.1 Å². The van der Waals surface area contributed by atoms with Crippen LogP contribution in [0.2, 0.25) is 0 Å². The Morgan fingerprint density at radius 3 is 2.93 bits per heavy atom. The van der Waals surface area contributed by atoms with Crippen molar-refractivity contribution in [2.75, 3.05) is 20.2 Å². The number of halogens is 1. The molecule has 2 rings (SSSR count). The largest absolute Gasteiger partial charge is 0.480 e. The average Bonchev–Trinajstić information content (AvgIpc) is 2.65. The Morgan fingerprint density at radius 1 is 1.53 bits per heavy atom. The first-order valence-corrected chi connectivity index (χ1v) is 5.92. The lowest BCUT2D eigenvalue weighted by molar-refractivity contribution is 0.325. The number of alkyl halides is 1. The summed E-state index contributed by atoms with van der Waals surface area (Å²) in [5, 5.41) is 8.05. The third-order valence-corrected chi connectivity index (χ3v) is 3.25. The van der Waals surface area contributed by atoms with Gasteiger partial charge < -0.3 is 4.74 Å². The van der Waals surface area contributed by atoms with Gasteiger partial charge >= 0.3 is 0 Å². The molecule has 0 aromatic carbocycles. The van der Waals surface area contributed by atoms with Crippen molar-refractivity contribution in [1.82, 2.24) is 15.1 Å². The molecule has 1 aromatic rings. The minimum absolute atomic E-state index is 0.568. The molecular weight excluding hydrogens is 258 g/mol. The Morgan fingerprint density at radius 2 is 2.40 bits per heavy atom. The maximum absolute atomic E-state index is 4.96. The number of aromatic nitrogens is 2. The van der Waals surface area contributed by atoms with Crippen molar-refractivity contribution < 1.29 is 4.74 Å². The summed E-state index contributed by atoms with van der Waals surface area (Å²) in [6.07, 6.45) is 1.21. The van der Waals surface area contributed by atoms with Crippen LogP contribution in [0, 0.1) is 0 Å². The van der Waals surface area contributed by atoms with Crippen LogP contribution in [-0.4, -0.2) is 40.1 Å². The minimum atomic E-state index is 0.568. The number of rotatable bonds is 3. The third-order valence-electron chi connectivity index (χ3n) is 2.50. The molecule has 1 aliphatic rings. The van der Waals surface area contributed by atoms with Gasteiger partial charge in [0.2, 0.25) is 5.88 Å². The van der Waals surface area contributed by atoms with E-state index in [4.69, 9.17) is 4.74 Å². The summed E-state index contributed by atoms with van der Waals surface area (Å²) in [5.41, 5.74) is 0.998. The Kier molecular flexibility index (Phi) is 3.53. The van der Waals surface area contributed by atoms with E-state index < -0.39 is 0 Å². The molecule has 1 fully saturated rings. The number of methoxy groups -OCH3 is 1. The SMILES string of the molecule is COc1ccc(CN2CCC(Br)C2)nn1. The molecule has 2 heterocycles.